The Kier molecular flexibility index (Phi) is 1.99. The van der Waals surface area contributed by atoms with E-state index in [2.05, 4.69) is 17.3 Å². The molecule has 0 aliphatic heterocycles. The normalized spacial score (nSPS) is 10.5. The molecular formula is C7H7N2O. The lowest BCUT2D eigenvalue weighted by molar-refractivity contribution is 0.289. The number of hydrogen-bond donors (Lipinski definition) is 1. The molecule has 51 valence electrons. The number of hydrogen-bond acceptors (Lipinski definition) is 2. The van der Waals surface area contributed by atoms with Crippen molar-refractivity contribution in [1.82, 2.24) is 0 Å². The van der Waals surface area contributed by atoms with Crippen molar-refractivity contribution in [2.45, 2.75) is 0 Å². The maximum atomic E-state index is 8.03. The Morgan fingerprint density at radius 3 is 2.30 bits per heavy atom. The fraction of sp³-hybridized carbons (Fsp3) is 0. The average Bonchev–Trinajstić information content (AvgIpc) is 1.95. The molecule has 1 aromatic carbocycles. The van der Waals surface area contributed by atoms with Gasteiger partial charge in [-0.3, -0.25) is 0 Å². The Bertz CT molecular complexity index is 228. The van der Waals surface area contributed by atoms with Gasteiger partial charge in [0, 0.05) is 5.28 Å². The summed E-state index contributed by atoms with van der Waals surface area (Å²) in [5, 5.41) is 14.1. The molecule has 0 heterocycles. The average molecular weight is 135 g/mol. The molecule has 3 heteroatoms. The summed E-state index contributed by atoms with van der Waals surface area (Å²) in [4.78, 5) is 0. The van der Waals surface area contributed by atoms with Crippen molar-refractivity contribution in [3.8, 4) is 0 Å². The third-order valence-corrected chi connectivity index (χ3v) is 1.10. The van der Waals surface area contributed by atoms with Crippen LogP contribution in [0.15, 0.2) is 34.7 Å². The van der Waals surface area contributed by atoms with Gasteiger partial charge in [0.05, 0.1) is 5.69 Å². The molecule has 0 saturated heterocycles. The molecule has 1 N–H and O–H groups in total. The van der Waals surface area contributed by atoms with Crippen molar-refractivity contribution in [1.29, 1.82) is 0 Å². The molecule has 0 amide bonds. The van der Waals surface area contributed by atoms with E-state index in [0.717, 1.165) is 5.56 Å². The van der Waals surface area contributed by atoms with E-state index in [9.17, 15) is 0 Å². The molecular weight excluding hydrogens is 128 g/mol. The first-order chi connectivity index (χ1) is 4.83. The van der Waals surface area contributed by atoms with Crippen LogP contribution < -0.4 is 0 Å². The Balaban J connectivity index is 2.89. The minimum absolute atomic E-state index is 0.620. The van der Waals surface area contributed by atoms with E-state index in [1.165, 1.54) is 0 Å². The zero-order valence-corrected chi connectivity index (χ0v) is 5.36. The molecule has 1 rings (SSSR count). The molecule has 0 bridgehead atoms. The molecule has 1 radical (unpaired) electrons. The lowest BCUT2D eigenvalue weighted by Gasteiger charge is -1.90. The van der Waals surface area contributed by atoms with E-state index < -0.39 is 0 Å². The first kappa shape index (κ1) is 6.74. The minimum atomic E-state index is 0.620. The van der Waals surface area contributed by atoms with Crippen molar-refractivity contribution < 1.29 is 5.21 Å². The highest BCUT2D eigenvalue weighted by molar-refractivity contribution is 5.38. The predicted octanol–water partition coefficient (Wildman–Crippen LogP) is 2.34. The molecule has 3 nitrogen and oxygen atoms in total. The number of nitrogens with zero attached hydrogens (tertiary/aromatic N) is 2. The number of benzene rings is 1. The van der Waals surface area contributed by atoms with Gasteiger partial charge in [-0.15, -0.1) is 5.11 Å². The Morgan fingerprint density at radius 1 is 1.20 bits per heavy atom. The standard InChI is InChI=1S/C7H7N2O/c1-6-2-4-7(5-3-6)8-9-10/h2-5H,1H2,(H,8,10). The largest absolute Gasteiger partial charge is 0.394 e. The quantitative estimate of drug-likeness (QED) is 0.466. The second-order valence-corrected chi connectivity index (χ2v) is 1.86. The van der Waals surface area contributed by atoms with Crippen LogP contribution in [0.2, 0.25) is 0 Å². The molecule has 10 heavy (non-hydrogen) atoms. The SMILES string of the molecule is [CH2]c1ccc(N=NO)cc1. The molecule has 0 aromatic heterocycles. The fourth-order valence-corrected chi connectivity index (χ4v) is 0.614. The van der Waals surface area contributed by atoms with E-state index in [0.29, 0.717) is 5.69 Å². The summed E-state index contributed by atoms with van der Waals surface area (Å²) in [7, 11) is 0. The zero-order chi connectivity index (χ0) is 7.40. The fourth-order valence-electron chi connectivity index (χ4n) is 0.614. The third kappa shape index (κ3) is 1.55. The molecule has 0 saturated carbocycles. The zero-order valence-electron chi connectivity index (χ0n) is 5.36. The highest BCUT2D eigenvalue weighted by atomic mass is 16.5. The Labute approximate surface area is 59.0 Å². The summed E-state index contributed by atoms with van der Waals surface area (Å²) in [5.41, 5.74) is 1.53. The van der Waals surface area contributed by atoms with Crippen LogP contribution >= 0.6 is 0 Å². The summed E-state index contributed by atoms with van der Waals surface area (Å²) in [6, 6.07) is 7.04. The molecule has 0 spiro atoms. The van der Waals surface area contributed by atoms with Gasteiger partial charge in [0.25, 0.3) is 0 Å². The predicted molar refractivity (Wildman–Crippen MR) is 37.2 cm³/mol. The van der Waals surface area contributed by atoms with Crippen LogP contribution in [0.5, 0.6) is 0 Å². The topological polar surface area (TPSA) is 45.0 Å². The summed E-state index contributed by atoms with van der Waals surface area (Å²) < 4.78 is 0. The van der Waals surface area contributed by atoms with Crippen molar-refractivity contribution in [3.05, 3.63) is 36.8 Å². The maximum absolute atomic E-state index is 8.03. The monoisotopic (exact) mass is 135 g/mol. The number of rotatable bonds is 1. The van der Waals surface area contributed by atoms with Crippen molar-refractivity contribution in [2.24, 2.45) is 10.4 Å². The van der Waals surface area contributed by atoms with Crippen LogP contribution in [0.3, 0.4) is 0 Å². The minimum Gasteiger partial charge on any atom is -0.394 e. The smallest absolute Gasteiger partial charge is 0.0889 e. The Hall–Kier alpha value is -1.38. The third-order valence-electron chi connectivity index (χ3n) is 1.10. The van der Waals surface area contributed by atoms with Crippen LogP contribution in [0.4, 0.5) is 5.69 Å². The van der Waals surface area contributed by atoms with Gasteiger partial charge in [0.15, 0.2) is 0 Å². The van der Waals surface area contributed by atoms with Crippen LogP contribution in [0.1, 0.15) is 5.56 Å². The summed E-state index contributed by atoms with van der Waals surface area (Å²) in [6.07, 6.45) is 0. The second kappa shape index (κ2) is 2.96. The van der Waals surface area contributed by atoms with Crippen molar-refractivity contribution in [3.63, 3.8) is 0 Å². The van der Waals surface area contributed by atoms with E-state index in [-0.39, 0.29) is 0 Å². The molecule has 1 aromatic rings. The van der Waals surface area contributed by atoms with E-state index in [4.69, 9.17) is 5.21 Å². The van der Waals surface area contributed by atoms with Gasteiger partial charge in [0.1, 0.15) is 0 Å². The highest BCUT2D eigenvalue weighted by Crippen LogP contribution is 2.11. The molecule has 0 unspecified atom stereocenters. The van der Waals surface area contributed by atoms with Crippen LogP contribution in [0.25, 0.3) is 0 Å². The van der Waals surface area contributed by atoms with Crippen molar-refractivity contribution in [2.75, 3.05) is 0 Å². The van der Waals surface area contributed by atoms with Crippen LogP contribution in [0, 0.1) is 6.92 Å². The summed E-state index contributed by atoms with van der Waals surface area (Å²) >= 11 is 0. The first-order valence-corrected chi connectivity index (χ1v) is 2.80. The van der Waals surface area contributed by atoms with E-state index in [1.54, 1.807) is 24.3 Å². The van der Waals surface area contributed by atoms with Gasteiger partial charge in [-0.2, -0.15) is 0 Å². The van der Waals surface area contributed by atoms with Gasteiger partial charge >= 0.3 is 0 Å². The van der Waals surface area contributed by atoms with Crippen LogP contribution in [-0.4, -0.2) is 5.21 Å². The lowest BCUT2D eigenvalue weighted by Crippen LogP contribution is -1.67. The van der Waals surface area contributed by atoms with E-state index in [1.807, 2.05) is 0 Å². The second-order valence-electron chi connectivity index (χ2n) is 1.86. The van der Waals surface area contributed by atoms with Gasteiger partial charge in [-0.05, 0) is 24.6 Å². The van der Waals surface area contributed by atoms with Crippen molar-refractivity contribution >= 4 is 5.69 Å². The van der Waals surface area contributed by atoms with E-state index >= 15 is 0 Å². The Morgan fingerprint density at radius 2 is 1.80 bits per heavy atom. The molecule has 0 aliphatic rings. The molecule has 0 fully saturated rings. The van der Waals surface area contributed by atoms with Gasteiger partial charge in [-0.25, -0.2) is 0 Å². The molecule has 0 aliphatic carbocycles. The maximum Gasteiger partial charge on any atom is 0.0889 e. The summed E-state index contributed by atoms with van der Waals surface area (Å²) in [6.45, 7) is 3.69. The lowest BCUT2D eigenvalue weighted by atomic mass is 10.2. The summed E-state index contributed by atoms with van der Waals surface area (Å²) in [5.74, 6) is 0. The molecule has 0 atom stereocenters. The van der Waals surface area contributed by atoms with Gasteiger partial charge in [-0.1, -0.05) is 12.1 Å². The van der Waals surface area contributed by atoms with Gasteiger partial charge < -0.3 is 5.21 Å². The first-order valence-electron chi connectivity index (χ1n) is 2.80. The highest BCUT2D eigenvalue weighted by Gasteiger charge is 1.86. The van der Waals surface area contributed by atoms with Crippen LogP contribution in [-0.2, 0) is 0 Å². The van der Waals surface area contributed by atoms with Gasteiger partial charge in [0.2, 0.25) is 0 Å².